The summed E-state index contributed by atoms with van der Waals surface area (Å²) in [6, 6.07) is 24.2. The van der Waals surface area contributed by atoms with Crippen molar-refractivity contribution in [3.05, 3.63) is 89.5 Å². The lowest BCUT2D eigenvalue weighted by Crippen LogP contribution is -2.36. The van der Waals surface area contributed by atoms with Gasteiger partial charge in [-0.1, -0.05) is 48.5 Å². The highest BCUT2D eigenvalue weighted by Gasteiger charge is 2.14. The molecule has 38 heavy (non-hydrogen) atoms. The van der Waals surface area contributed by atoms with Crippen molar-refractivity contribution in [1.29, 1.82) is 0 Å². The minimum atomic E-state index is -1.82. The van der Waals surface area contributed by atoms with Crippen molar-refractivity contribution < 1.29 is 39.1 Å². The molecule has 0 aliphatic rings. The lowest BCUT2D eigenvalue weighted by atomic mass is 10.1. The second-order valence-electron chi connectivity index (χ2n) is 8.55. The summed E-state index contributed by atoms with van der Waals surface area (Å²) in [5.74, 6) is -1.42. The van der Waals surface area contributed by atoms with Crippen LogP contribution in [0, 0.1) is 6.92 Å². The van der Waals surface area contributed by atoms with Crippen LogP contribution in [0.1, 0.15) is 16.7 Å². The van der Waals surface area contributed by atoms with E-state index in [0.29, 0.717) is 6.54 Å². The van der Waals surface area contributed by atoms with Crippen molar-refractivity contribution in [3.8, 4) is 17.2 Å². The van der Waals surface area contributed by atoms with Gasteiger partial charge in [0.25, 0.3) is 0 Å². The Morgan fingerprint density at radius 2 is 1.53 bits per heavy atom. The van der Waals surface area contributed by atoms with E-state index in [4.69, 9.17) is 34.0 Å². The van der Waals surface area contributed by atoms with Crippen LogP contribution in [-0.4, -0.2) is 72.2 Å². The van der Waals surface area contributed by atoms with Crippen LogP contribution in [0.25, 0.3) is 0 Å². The number of carboxylic acids is 2. The number of rotatable bonds is 12. The fourth-order valence-corrected chi connectivity index (χ4v) is 3.65. The van der Waals surface area contributed by atoms with Crippen molar-refractivity contribution >= 4 is 11.9 Å². The molecule has 1 unspecified atom stereocenters. The zero-order valence-corrected chi connectivity index (χ0v) is 21.9. The highest BCUT2D eigenvalue weighted by molar-refractivity contribution is 6.27. The van der Waals surface area contributed by atoms with Crippen molar-refractivity contribution in [2.75, 3.05) is 33.9 Å². The number of hydrogen-bond acceptors (Lipinski definition) is 7. The summed E-state index contributed by atoms with van der Waals surface area (Å²) in [6.07, 6.45) is 0.239. The summed E-state index contributed by atoms with van der Waals surface area (Å²) in [5, 5.41) is 25.5. The molecule has 0 heterocycles. The van der Waals surface area contributed by atoms with Crippen LogP contribution in [-0.2, 0) is 22.6 Å². The summed E-state index contributed by atoms with van der Waals surface area (Å²) in [6.45, 7) is 4.36. The number of hydrogen-bond donors (Lipinski definition) is 3. The number of aliphatic hydroxyl groups excluding tert-OH is 1. The van der Waals surface area contributed by atoms with Gasteiger partial charge in [-0.25, -0.2) is 9.59 Å². The van der Waals surface area contributed by atoms with Crippen LogP contribution < -0.4 is 14.2 Å². The van der Waals surface area contributed by atoms with E-state index in [1.54, 1.807) is 14.2 Å². The van der Waals surface area contributed by atoms with Gasteiger partial charge in [0, 0.05) is 19.6 Å². The molecule has 0 aliphatic heterocycles. The Morgan fingerprint density at radius 1 is 0.842 bits per heavy atom. The molecular formula is C29H35NO8. The Morgan fingerprint density at radius 3 is 2.13 bits per heavy atom. The fraction of sp³-hybridized carbons (Fsp3) is 0.310. The van der Waals surface area contributed by atoms with Gasteiger partial charge in [0.15, 0.2) is 11.5 Å². The van der Waals surface area contributed by atoms with E-state index in [9.17, 15) is 5.11 Å². The lowest BCUT2D eigenvalue weighted by Gasteiger charge is -2.25. The zero-order chi connectivity index (χ0) is 27.9. The molecule has 0 radical (unpaired) electrons. The third-order valence-corrected chi connectivity index (χ3v) is 5.50. The van der Waals surface area contributed by atoms with Gasteiger partial charge < -0.3 is 29.5 Å². The molecule has 9 heteroatoms. The van der Waals surface area contributed by atoms with E-state index in [-0.39, 0.29) is 6.61 Å². The molecule has 0 spiro atoms. The van der Waals surface area contributed by atoms with Gasteiger partial charge in [-0.15, -0.1) is 0 Å². The molecule has 3 aromatic carbocycles. The molecule has 0 saturated heterocycles. The van der Waals surface area contributed by atoms with Crippen molar-refractivity contribution in [2.24, 2.45) is 0 Å². The van der Waals surface area contributed by atoms with Gasteiger partial charge in [-0.05, 0) is 54.3 Å². The first-order chi connectivity index (χ1) is 18.2. The summed E-state index contributed by atoms with van der Waals surface area (Å²) < 4.78 is 16.6. The number of aliphatic carboxylic acids is 2. The standard InChI is InChI=1S/C27H33NO4.C2H2O4/c1-21-8-7-11-25(16-21)32-20-24(29)19-28(18-23-9-5-4-6-10-23)15-14-22-12-13-26(30-2)27(17-22)31-3;3-1(4)2(5)6/h4-13,16-17,24,29H,14-15,18-20H2,1-3H3;(H,3,4)(H,5,6). The van der Waals surface area contributed by atoms with E-state index in [1.807, 2.05) is 61.5 Å². The van der Waals surface area contributed by atoms with Gasteiger partial charge >= 0.3 is 11.9 Å². The van der Waals surface area contributed by atoms with E-state index in [1.165, 1.54) is 5.56 Å². The van der Waals surface area contributed by atoms with Crippen LogP contribution in [0.3, 0.4) is 0 Å². The monoisotopic (exact) mass is 525 g/mol. The third-order valence-electron chi connectivity index (χ3n) is 5.50. The Hall–Kier alpha value is -4.08. The summed E-state index contributed by atoms with van der Waals surface area (Å²) in [4.78, 5) is 20.5. The first-order valence-electron chi connectivity index (χ1n) is 12.0. The topological polar surface area (TPSA) is 126 Å². The van der Waals surface area contributed by atoms with Crippen LogP contribution in [0.4, 0.5) is 0 Å². The first-order valence-corrected chi connectivity index (χ1v) is 12.0. The highest BCUT2D eigenvalue weighted by Crippen LogP contribution is 2.27. The van der Waals surface area contributed by atoms with E-state index in [0.717, 1.165) is 47.9 Å². The number of nitrogens with zero attached hydrogens (tertiary/aromatic N) is 1. The molecule has 0 aliphatic carbocycles. The van der Waals surface area contributed by atoms with Crippen LogP contribution in [0.2, 0.25) is 0 Å². The number of carboxylic acid groups (broad SMARTS) is 2. The van der Waals surface area contributed by atoms with E-state index in [2.05, 4.69) is 23.1 Å². The maximum Gasteiger partial charge on any atom is 0.414 e. The minimum absolute atomic E-state index is 0.255. The van der Waals surface area contributed by atoms with Crippen LogP contribution >= 0.6 is 0 Å². The maximum absolute atomic E-state index is 10.7. The molecule has 1 atom stereocenters. The van der Waals surface area contributed by atoms with Gasteiger partial charge in [0.1, 0.15) is 18.5 Å². The molecule has 0 fully saturated rings. The number of aryl methyl sites for hydroxylation is 1. The number of methoxy groups -OCH3 is 2. The lowest BCUT2D eigenvalue weighted by molar-refractivity contribution is -0.159. The van der Waals surface area contributed by atoms with Gasteiger partial charge in [-0.2, -0.15) is 0 Å². The Bertz CT molecular complexity index is 1140. The van der Waals surface area contributed by atoms with Gasteiger partial charge in [0.2, 0.25) is 0 Å². The van der Waals surface area contributed by atoms with E-state index < -0.39 is 18.0 Å². The molecule has 0 bridgehead atoms. The Balaban J connectivity index is 0.000000757. The molecule has 3 aromatic rings. The predicted octanol–water partition coefficient (Wildman–Crippen LogP) is 3.65. The summed E-state index contributed by atoms with van der Waals surface area (Å²) >= 11 is 0. The Kier molecular flexibility index (Phi) is 12.6. The SMILES string of the molecule is COc1ccc(CCN(Cc2ccccc2)CC(O)COc2cccc(C)c2)cc1OC.O=C(O)C(=O)O. The van der Waals surface area contributed by atoms with Crippen molar-refractivity contribution in [1.82, 2.24) is 4.90 Å². The molecule has 0 aromatic heterocycles. The van der Waals surface area contributed by atoms with Crippen LogP contribution in [0.5, 0.6) is 17.2 Å². The molecular weight excluding hydrogens is 490 g/mol. The molecule has 9 nitrogen and oxygen atoms in total. The average Bonchev–Trinajstić information content (AvgIpc) is 2.91. The van der Waals surface area contributed by atoms with E-state index >= 15 is 0 Å². The smallest absolute Gasteiger partial charge is 0.414 e. The van der Waals surface area contributed by atoms with Crippen molar-refractivity contribution in [2.45, 2.75) is 26.0 Å². The number of carbonyl (C=O) groups is 2. The quantitative estimate of drug-likeness (QED) is 0.304. The molecule has 3 rings (SSSR count). The summed E-state index contributed by atoms with van der Waals surface area (Å²) in [7, 11) is 3.28. The van der Waals surface area contributed by atoms with Gasteiger partial charge in [0.05, 0.1) is 14.2 Å². The molecule has 0 saturated carbocycles. The molecule has 204 valence electrons. The highest BCUT2D eigenvalue weighted by atomic mass is 16.5. The minimum Gasteiger partial charge on any atom is -0.493 e. The van der Waals surface area contributed by atoms with Crippen molar-refractivity contribution in [3.63, 3.8) is 0 Å². The Labute approximate surface area is 222 Å². The molecule has 0 amide bonds. The average molecular weight is 526 g/mol. The predicted molar refractivity (Wildman–Crippen MR) is 143 cm³/mol. The number of benzene rings is 3. The third kappa shape index (κ3) is 10.9. The second-order valence-corrected chi connectivity index (χ2v) is 8.55. The zero-order valence-electron chi connectivity index (χ0n) is 21.9. The summed E-state index contributed by atoms with van der Waals surface area (Å²) in [5.41, 5.74) is 3.51. The fourth-order valence-electron chi connectivity index (χ4n) is 3.65. The number of ether oxygens (including phenoxy) is 3. The second kappa shape index (κ2) is 15.9. The first kappa shape index (κ1) is 30.1. The van der Waals surface area contributed by atoms with Crippen LogP contribution in [0.15, 0.2) is 72.8 Å². The largest absolute Gasteiger partial charge is 0.493 e. The maximum atomic E-state index is 10.7. The molecule has 3 N–H and O–H groups in total. The van der Waals surface area contributed by atoms with Gasteiger partial charge in [-0.3, -0.25) is 4.90 Å². The number of aliphatic hydroxyl groups is 1. The normalized spacial score (nSPS) is 11.2.